The summed E-state index contributed by atoms with van der Waals surface area (Å²) < 4.78 is 0.505. The molecule has 1 heterocycles. The summed E-state index contributed by atoms with van der Waals surface area (Å²) in [5.74, 6) is 0. The maximum absolute atomic E-state index is 10.5. The van der Waals surface area contributed by atoms with Gasteiger partial charge in [0.15, 0.2) is 4.47 Å². The van der Waals surface area contributed by atoms with E-state index in [9.17, 15) is 10.1 Å². The minimum atomic E-state index is -0.424. The van der Waals surface area contributed by atoms with Gasteiger partial charge in [0.2, 0.25) is 0 Å². The number of nitrogens with zero attached hydrogens (tertiary/aromatic N) is 2. The van der Waals surface area contributed by atoms with Gasteiger partial charge in [-0.05, 0) is 12.1 Å². The molecule has 1 aromatic heterocycles. The van der Waals surface area contributed by atoms with Crippen LogP contribution in [0.3, 0.4) is 0 Å². The lowest BCUT2D eigenvalue weighted by Gasteiger charge is -2.03. The molecule has 0 bridgehead atoms. The average molecular weight is 270 g/mol. The van der Waals surface area contributed by atoms with E-state index in [2.05, 4.69) is 10.3 Å². The number of nitro groups is 1. The zero-order valence-electron chi connectivity index (χ0n) is 8.59. The number of thiazole rings is 1. The molecule has 1 aromatic carbocycles. The third-order valence-corrected chi connectivity index (χ3v) is 3.19. The molecule has 0 aliphatic carbocycles. The number of benzene rings is 1. The average Bonchev–Trinajstić information content (AvgIpc) is 2.73. The summed E-state index contributed by atoms with van der Waals surface area (Å²) in [5.41, 5.74) is 0.900. The van der Waals surface area contributed by atoms with Gasteiger partial charge in [-0.2, -0.15) is 0 Å². The van der Waals surface area contributed by atoms with Crippen molar-refractivity contribution in [1.82, 2.24) is 4.98 Å². The second-order valence-corrected chi connectivity index (χ2v) is 4.93. The molecule has 0 atom stereocenters. The topological polar surface area (TPSA) is 68.1 Å². The van der Waals surface area contributed by atoms with Crippen LogP contribution in [0.5, 0.6) is 0 Å². The Morgan fingerprint density at radius 1 is 1.41 bits per heavy atom. The molecular formula is C10H8ClN3O2S. The van der Waals surface area contributed by atoms with Crippen LogP contribution in [-0.4, -0.2) is 9.91 Å². The van der Waals surface area contributed by atoms with E-state index in [0.717, 1.165) is 10.6 Å². The van der Waals surface area contributed by atoms with Crippen LogP contribution < -0.4 is 5.32 Å². The third kappa shape index (κ3) is 3.15. The lowest BCUT2D eigenvalue weighted by atomic mass is 10.3. The molecule has 88 valence electrons. The molecule has 0 fully saturated rings. The van der Waals surface area contributed by atoms with E-state index in [-0.39, 0.29) is 5.69 Å². The minimum absolute atomic E-state index is 0.0800. The maximum atomic E-state index is 10.5. The Labute approximate surface area is 106 Å². The van der Waals surface area contributed by atoms with E-state index in [0.29, 0.717) is 11.0 Å². The molecule has 0 aliphatic rings. The number of hydrogen-bond acceptors (Lipinski definition) is 5. The van der Waals surface area contributed by atoms with Crippen molar-refractivity contribution in [1.29, 1.82) is 0 Å². The smallest absolute Gasteiger partial charge is 0.269 e. The second-order valence-electron chi connectivity index (χ2n) is 3.24. The van der Waals surface area contributed by atoms with Gasteiger partial charge in [0.05, 0.1) is 11.5 Å². The van der Waals surface area contributed by atoms with Crippen LogP contribution in [0.1, 0.15) is 4.88 Å². The predicted molar refractivity (Wildman–Crippen MR) is 67.5 cm³/mol. The van der Waals surface area contributed by atoms with E-state index in [1.165, 1.54) is 23.5 Å². The number of nitrogens with one attached hydrogen (secondary N) is 1. The molecule has 7 heteroatoms. The Hall–Kier alpha value is -1.66. The molecule has 0 spiro atoms. The van der Waals surface area contributed by atoms with Gasteiger partial charge in [0.25, 0.3) is 5.69 Å². The lowest BCUT2D eigenvalue weighted by Crippen LogP contribution is -1.97. The van der Waals surface area contributed by atoms with Crippen LogP contribution in [0.2, 0.25) is 4.47 Å². The molecule has 2 aromatic rings. The van der Waals surface area contributed by atoms with Crippen molar-refractivity contribution >= 4 is 34.3 Å². The van der Waals surface area contributed by atoms with Gasteiger partial charge >= 0.3 is 0 Å². The first-order valence-electron chi connectivity index (χ1n) is 4.73. The normalized spacial score (nSPS) is 10.2. The van der Waals surface area contributed by atoms with E-state index >= 15 is 0 Å². The van der Waals surface area contributed by atoms with Gasteiger partial charge in [-0.1, -0.05) is 11.6 Å². The van der Waals surface area contributed by atoms with Crippen molar-refractivity contribution in [3.8, 4) is 0 Å². The fraction of sp³-hybridized carbons (Fsp3) is 0.100. The molecular weight excluding hydrogens is 262 g/mol. The van der Waals surface area contributed by atoms with Crippen molar-refractivity contribution in [2.75, 3.05) is 5.32 Å². The van der Waals surface area contributed by atoms with Crippen molar-refractivity contribution in [2.45, 2.75) is 6.54 Å². The van der Waals surface area contributed by atoms with Crippen molar-refractivity contribution < 1.29 is 4.92 Å². The number of rotatable bonds is 4. The van der Waals surface area contributed by atoms with Crippen LogP contribution in [0.4, 0.5) is 11.4 Å². The highest BCUT2D eigenvalue weighted by Gasteiger charge is 2.04. The van der Waals surface area contributed by atoms with Gasteiger partial charge in [0, 0.05) is 28.9 Å². The highest BCUT2D eigenvalue weighted by Crippen LogP contribution is 2.20. The molecule has 5 nitrogen and oxygen atoms in total. The molecule has 0 aliphatic heterocycles. The SMILES string of the molecule is O=[N+]([O-])c1ccc(NCc2cnc(Cl)s2)cc1. The Morgan fingerprint density at radius 2 is 2.12 bits per heavy atom. The van der Waals surface area contributed by atoms with Crippen molar-refractivity contribution in [3.05, 3.63) is 49.9 Å². The van der Waals surface area contributed by atoms with Crippen molar-refractivity contribution in [2.24, 2.45) is 0 Å². The Bertz CT molecular complexity index is 527. The van der Waals surface area contributed by atoms with E-state index in [1.807, 2.05) is 0 Å². The standard InChI is InChI=1S/C10H8ClN3O2S/c11-10-13-6-9(17-10)5-12-7-1-3-8(4-2-7)14(15)16/h1-4,6,12H,5H2. The largest absolute Gasteiger partial charge is 0.380 e. The van der Waals surface area contributed by atoms with Crippen LogP contribution in [0.15, 0.2) is 30.5 Å². The fourth-order valence-electron chi connectivity index (χ4n) is 1.26. The Kier molecular flexibility index (Phi) is 3.55. The lowest BCUT2D eigenvalue weighted by molar-refractivity contribution is -0.384. The molecule has 0 amide bonds. The molecule has 2 rings (SSSR count). The number of anilines is 1. The van der Waals surface area contributed by atoms with Crippen LogP contribution in [0.25, 0.3) is 0 Å². The summed E-state index contributed by atoms with van der Waals surface area (Å²) in [5, 5.41) is 13.6. The molecule has 1 N–H and O–H groups in total. The minimum Gasteiger partial charge on any atom is -0.380 e. The first kappa shape index (κ1) is 11.8. The summed E-state index contributed by atoms with van der Waals surface area (Å²) in [7, 11) is 0. The summed E-state index contributed by atoms with van der Waals surface area (Å²) in [6, 6.07) is 6.26. The highest BCUT2D eigenvalue weighted by atomic mass is 35.5. The van der Waals surface area contributed by atoms with E-state index in [1.54, 1.807) is 18.3 Å². The quantitative estimate of drug-likeness (QED) is 0.683. The number of non-ortho nitro benzene ring substituents is 1. The molecule has 0 radical (unpaired) electrons. The Balaban J connectivity index is 1.97. The molecule has 0 saturated carbocycles. The van der Waals surface area contributed by atoms with Gasteiger partial charge in [0.1, 0.15) is 0 Å². The number of nitro benzene ring substituents is 1. The number of halogens is 1. The number of aromatic nitrogens is 1. The fourth-order valence-corrected chi connectivity index (χ4v) is 2.17. The number of hydrogen-bond donors (Lipinski definition) is 1. The summed E-state index contributed by atoms with van der Waals surface area (Å²) in [6.07, 6.45) is 1.70. The molecule has 17 heavy (non-hydrogen) atoms. The summed E-state index contributed by atoms with van der Waals surface area (Å²) in [6.45, 7) is 0.599. The first-order valence-corrected chi connectivity index (χ1v) is 5.93. The second kappa shape index (κ2) is 5.11. The monoisotopic (exact) mass is 269 g/mol. The zero-order chi connectivity index (χ0) is 12.3. The Morgan fingerprint density at radius 3 is 2.65 bits per heavy atom. The molecule has 0 saturated heterocycles. The van der Waals surface area contributed by atoms with Crippen molar-refractivity contribution in [3.63, 3.8) is 0 Å². The van der Waals surface area contributed by atoms with Gasteiger partial charge in [-0.25, -0.2) is 4.98 Å². The van der Waals surface area contributed by atoms with Crippen LogP contribution >= 0.6 is 22.9 Å². The summed E-state index contributed by atoms with van der Waals surface area (Å²) in [4.78, 5) is 15.0. The van der Waals surface area contributed by atoms with Gasteiger partial charge < -0.3 is 5.32 Å². The first-order chi connectivity index (χ1) is 8.15. The predicted octanol–water partition coefficient (Wildman–Crippen LogP) is 3.32. The molecule has 0 unspecified atom stereocenters. The van der Waals surface area contributed by atoms with Gasteiger partial charge in [-0.15, -0.1) is 11.3 Å². The summed E-state index contributed by atoms with van der Waals surface area (Å²) >= 11 is 7.10. The highest BCUT2D eigenvalue weighted by molar-refractivity contribution is 7.15. The van der Waals surface area contributed by atoms with Crippen LogP contribution in [0, 0.1) is 10.1 Å². The van der Waals surface area contributed by atoms with E-state index < -0.39 is 4.92 Å². The maximum Gasteiger partial charge on any atom is 0.269 e. The van der Waals surface area contributed by atoms with E-state index in [4.69, 9.17) is 11.6 Å². The third-order valence-electron chi connectivity index (χ3n) is 2.07. The zero-order valence-corrected chi connectivity index (χ0v) is 10.2. The van der Waals surface area contributed by atoms with Gasteiger partial charge in [-0.3, -0.25) is 10.1 Å². The van der Waals surface area contributed by atoms with Crippen LogP contribution in [-0.2, 0) is 6.54 Å².